The molecule has 0 spiro atoms. The number of rotatable bonds is 1. The summed E-state index contributed by atoms with van der Waals surface area (Å²) in [6, 6.07) is 5.64. The molecule has 0 fully saturated rings. The monoisotopic (exact) mass is 271 g/mol. The first-order chi connectivity index (χ1) is 6.70. The Bertz CT molecular complexity index is 487. The van der Waals surface area contributed by atoms with E-state index in [0.717, 1.165) is 15.4 Å². The standard InChI is InChI=1S/C10H7BrClNO/c1-14-10-3-6-2-7(11)5-13-9(6)4-8(10)12/h2-5H,1H3. The topological polar surface area (TPSA) is 22.1 Å². The zero-order chi connectivity index (χ0) is 10.1. The summed E-state index contributed by atoms with van der Waals surface area (Å²) >= 11 is 9.33. The molecule has 0 unspecified atom stereocenters. The van der Waals surface area contributed by atoms with Gasteiger partial charge >= 0.3 is 0 Å². The molecule has 0 saturated carbocycles. The summed E-state index contributed by atoms with van der Waals surface area (Å²) in [6.45, 7) is 0. The van der Waals surface area contributed by atoms with Crippen molar-refractivity contribution in [1.82, 2.24) is 4.98 Å². The molecule has 2 nitrogen and oxygen atoms in total. The molecule has 14 heavy (non-hydrogen) atoms. The molecule has 0 aliphatic rings. The van der Waals surface area contributed by atoms with Crippen molar-refractivity contribution < 1.29 is 4.74 Å². The van der Waals surface area contributed by atoms with E-state index in [1.165, 1.54) is 0 Å². The molecule has 0 amide bonds. The van der Waals surface area contributed by atoms with Crippen molar-refractivity contribution in [3.8, 4) is 5.75 Å². The summed E-state index contributed by atoms with van der Waals surface area (Å²) in [5.74, 6) is 0.666. The van der Waals surface area contributed by atoms with E-state index in [9.17, 15) is 0 Å². The van der Waals surface area contributed by atoms with Gasteiger partial charge in [0.05, 0.1) is 17.6 Å². The molecule has 0 aliphatic heterocycles. The minimum absolute atomic E-state index is 0.579. The Labute approximate surface area is 95.0 Å². The van der Waals surface area contributed by atoms with Crippen molar-refractivity contribution in [2.75, 3.05) is 7.11 Å². The first-order valence-electron chi connectivity index (χ1n) is 3.99. The van der Waals surface area contributed by atoms with Gasteiger partial charge in [-0.2, -0.15) is 0 Å². The summed E-state index contributed by atoms with van der Waals surface area (Å²) in [6.07, 6.45) is 1.74. The number of pyridine rings is 1. The van der Waals surface area contributed by atoms with Crippen LogP contribution in [0.1, 0.15) is 0 Å². The van der Waals surface area contributed by atoms with Gasteiger partial charge in [0.25, 0.3) is 0 Å². The third kappa shape index (κ3) is 1.70. The third-order valence-corrected chi connectivity index (χ3v) is 2.65. The van der Waals surface area contributed by atoms with Crippen LogP contribution in [0.4, 0.5) is 0 Å². The number of fused-ring (bicyclic) bond motifs is 1. The lowest BCUT2D eigenvalue weighted by molar-refractivity contribution is 0.415. The Morgan fingerprint density at radius 3 is 2.86 bits per heavy atom. The first-order valence-corrected chi connectivity index (χ1v) is 5.16. The largest absolute Gasteiger partial charge is 0.495 e. The summed E-state index contributed by atoms with van der Waals surface area (Å²) in [5.41, 5.74) is 0.860. The van der Waals surface area contributed by atoms with Gasteiger partial charge in [0, 0.05) is 16.1 Å². The Kier molecular flexibility index (Phi) is 2.61. The van der Waals surface area contributed by atoms with Crippen LogP contribution in [0.5, 0.6) is 5.75 Å². The number of benzene rings is 1. The number of hydrogen-bond donors (Lipinski definition) is 0. The number of nitrogens with zero attached hydrogens (tertiary/aromatic N) is 1. The number of methoxy groups -OCH3 is 1. The van der Waals surface area contributed by atoms with E-state index < -0.39 is 0 Å². The fourth-order valence-corrected chi connectivity index (χ4v) is 1.84. The predicted octanol–water partition coefficient (Wildman–Crippen LogP) is 3.66. The highest BCUT2D eigenvalue weighted by Crippen LogP contribution is 2.29. The Morgan fingerprint density at radius 2 is 2.14 bits per heavy atom. The van der Waals surface area contributed by atoms with E-state index in [4.69, 9.17) is 16.3 Å². The predicted molar refractivity (Wildman–Crippen MR) is 61.0 cm³/mol. The van der Waals surface area contributed by atoms with E-state index in [1.54, 1.807) is 19.4 Å². The van der Waals surface area contributed by atoms with Crippen LogP contribution < -0.4 is 4.74 Å². The van der Waals surface area contributed by atoms with Crippen molar-refractivity contribution in [2.45, 2.75) is 0 Å². The molecule has 1 heterocycles. The maximum Gasteiger partial charge on any atom is 0.138 e. The van der Waals surface area contributed by atoms with E-state index in [0.29, 0.717) is 10.8 Å². The van der Waals surface area contributed by atoms with Gasteiger partial charge in [0.1, 0.15) is 5.75 Å². The van der Waals surface area contributed by atoms with Crippen LogP contribution in [0.25, 0.3) is 10.9 Å². The minimum Gasteiger partial charge on any atom is -0.495 e. The lowest BCUT2D eigenvalue weighted by atomic mass is 10.2. The fraction of sp³-hybridized carbons (Fsp3) is 0.100. The van der Waals surface area contributed by atoms with Gasteiger partial charge in [0.15, 0.2) is 0 Å². The lowest BCUT2D eigenvalue weighted by Gasteiger charge is -2.04. The van der Waals surface area contributed by atoms with Gasteiger partial charge in [-0.15, -0.1) is 0 Å². The number of ether oxygens (including phenoxy) is 1. The van der Waals surface area contributed by atoms with E-state index in [-0.39, 0.29) is 0 Å². The minimum atomic E-state index is 0.579. The van der Waals surface area contributed by atoms with Gasteiger partial charge in [0.2, 0.25) is 0 Å². The molecule has 1 aromatic carbocycles. The second kappa shape index (κ2) is 3.75. The SMILES string of the molecule is COc1cc2cc(Br)cnc2cc1Cl. The molecule has 0 bridgehead atoms. The molecule has 0 radical (unpaired) electrons. The van der Waals surface area contributed by atoms with Crippen LogP contribution in [0.2, 0.25) is 5.02 Å². The number of halogens is 2. The van der Waals surface area contributed by atoms with E-state index in [2.05, 4.69) is 20.9 Å². The quantitative estimate of drug-likeness (QED) is 0.790. The van der Waals surface area contributed by atoms with Crippen LogP contribution in [0.15, 0.2) is 28.9 Å². The zero-order valence-corrected chi connectivity index (χ0v) is 9.76. The fourth-order valence-electron chi connectivity index (χ4n) is 1.26. The Hall–Kier alpha value is -0.800. The van der Waals surface area contributed by atoms with Crippen LogP contribution >= 0.6 is 27.5 Å². The van der Waals surface area contributed by atoms with E-state index in [1.807, 2.05) is 12.1 Å². The molecule has 0 atom stereocenters. The third-order valence-electron chi connectivity index (χ3n) is 1.92. The van der Waals surface area contributed by atoms with Crippen molar-refractivity contribution in [3.05, 3.63) is 33.9 Å². The highest BCUT2D eigenvalue weighted by molar-refractivity contribution is 9.10. The molecule has 2 rings (SSSR count). The average Bonchev–Trinajstić information content (AvgIpc) is 2.17. The molecular weight excluding hydrogens is 265 g/mol. The highest BCUT2D eigenvalue weighted by atomic mass is 79.9. The van der Waals surface area contributed by atoms with Gasteiger partial charge in [-0.25, -0.2) is 0 Å². The highest BCUT2D eigenvalue weighted by Gasteiger charge is 2.04. The normalized spacial score (nSPS) is 10.5. The van der Waals surface area contributed by atoms with Crippen LogP contribution in [-0.4, -0.2) is 12.1 Å². The molecular formula is C10H7BrClNO. The molecule has 1 aromatic heterocycles. The maximum absolute atomic E-state index is 5.97. The lowest BCUT2D eigenvalue weighted by Crippen LogP contribution is -1.86. The summed E-state index contributed by atoms with van der Waals surface area (Å²) in [5, 5.41) is 1.58. The molecule has 0 aliphatic carbocycles. The van der Waals surface area contributed by atoms with Gasteiger partial charge in [-0.1, -0.05) is 11.6 Å². The second-order valence-corrected chi connectivity index (χ2v) is 4.16. The zero-order valence-electron chi connectivity index (χ0n) is 7.42. The molecule has 0 saturated heterocycles. The molecule has 72 valence electrons. The Balaban J connectivity index is 2.73. The molecule has 0 N–H and O–H groups in total. The van der Waals surface area contributed by atoms with Crippen LogP contribution in [0.3, 0.4) is 0 Å². The second-order valence-electron chi connectivity index (χ2n) is 2.83. The summed E-state index contributed by atoms with van der Waals surface area (Å²) in [4.78, 5) is 4.23. The molecule has 4 heteroatoms. The number of hydrogen-bond acceptors (Lipinski definition) is 2. The Morgan fingerprint density at radius 1 is 1.36 bits per heavy atom. The number of aromatic nitrogens is 1. The van der Waals surface area contributed by atoms with Crippen LogP contribution in [0, 0.1) is 0 Å². The van der Waals surface area contributed by atoms with Crippen molar-refractivity contribution >= 4 is 38.4 Å². The average molecular weight is 273 g/mol. The molecule has 2 aromatic rings. The summed E-state index contributed by atoms with van der Waals surface area (Å²) < 4.78 is 6.06. The first kappa shape index (κ1) is 9.74. The van der Waals surface area contributed by atoms with Crippen molar-refractivity contribution in [1.29, 1.82) is 0 Å². The maximum atomic E-state index is 5.97. The smallest absolute Gasteiger partial charge is 0.138 e. The summed E-state index contributed by atoms with van der Waals surface area (Å²) in [7, 11) is 1.60. The van der Waals surface area contributed by atoms with Gasteiger partial charge < -0.3 is 4.74 Å². The van der Waals surface area contributed by atoms with Crippen molar-refractivity contribution in [2.24, 2.45) is 0 Å². The van der Waals surface area contributed by atoms with Gasteiger partial charge in [-0.05, 0) is 34.1 Å². The van der Waals surface area contributed by atoms with Crippen molar-refractivity contribution in [3.63, 3.8) is 0 Å². The van der Waals surface area contributed by atoms with Crippen LogP contribution in [-0.2, 0) is 0 Å². The van der Waals surface area contributed by atoms with E-state index >= 15 is 0 Å². The van der Waals surface area contributed by atoms with Gasteiger partial charge in [-0.3, -0.25) is 4.98 Å².